The molecule has 88 valence electrons. The molecule has 0 aliphatic heterocycles. The van der Waals surface area contributed by atoms with Crippen molar-refractivity contribution >= 4 is 5.97 Å². The molecule has 0 amide bonds. The van der Waals surface area contributed by atoms with Crippen molar-refractivity contribution in [1.29, 1.82) is 0 Å². The molecule has 5 nitrogen and oxygen atoms in total. The number of aryl methyl sites for hydroxylation is 2. The van der Waals surface area contributed by atoms with Gasteiger partial charge >= 0.3 is 5.97 Å². The molecule has 2 rings (SSSR count). The first-order valence-corrected chi connectivity index (χ1v) is 5.29. The zero-order chi connectivity index (χ0) is 11.9. The number of rotatable bonds is 3. The van der Waals surface area contributed by atoms with Gasteiger partial charge in [-0.3, -0.25) is 4.79 Å². The Kier molecular flexibility index (Phi) is 2.50. The third-order valence-electron chi connectivity index (χ3n) is 3.29. The van der Waals surface area contributed by atoms with E-state index in [1.807, 2.05) is 13.8 Å². The van der Waals surface area contributed by atoms with E-state index in [2.05, 4.69) is 9.72 Å². The van der Waals surface area contributed by atoms with Gasteiger partial charge in [0.05, 0.1) is 18.2 Å². The number of nitrogens with zero attached hydrogens (tertiary/aromatic N) is 1. The summed E-state index contributed by atoms with van der Waals surface area (Å²) < 4.78 is 10.2. The molecule has 0 saturated heterocycles. The average molecular weight is 224 g/mol. The van der Waals surface area contributed by atoms with Crippen LogP contribution in [0.15, 0.2) is 4.42 Å². The van der Waals surface area contributed by atoms with Crippen LogP contribution >= 0.6 is 0 Å². The Morgan fingerprint density at radius 3 is 2.56 bits per heavy atom. The Hall–Kier alpha value is -1.36. The van der Waals surface area contributed by atoms with Gasteiger partial charge in [0.1, 0.15) is 11.8 Å². The predicted octanol–water partition coefficient (Wildman–Crippen LogP) is 0.823. The number of ether oxygens (including phenoxy) is 1. The molecule has 0 spiro atoms. The fourth-order valence-corrected chi connectivity index (χ4v) is 1.83. The fourth-order valence-electron chi connectivity index (χ4n) is 1.83. The van der Waals surface area contributed by atoms with Crippen molar-refractivity contribution in [2.45, 2.75) is 38.1 Å². The normalized spacial score (nSPS) is 19.2. The summed E-state index contributed by atoms with van der Waals surface area (Å²) in [4.78, 5) is 15.8. The van der Waals surface area contributed by atoms with E-state index in [9.17, 15) is 4.79 Å². The van der Waals surface area contributed by atoms with Gasteiger partial charge in [0, 0.05) is 0 Å². The maximum Gasteiger partial charge on any atom is 0.323 e. The number of aromatic nitrogens is 1. The fraction of sp³-hybridized carbons (Fsp3) is 0.636. The van der Waals surface area contributed by atoms with E-state index in [0.29, 0.717) is 5.89 Å². The van der Waals surface area contributed by atoms with Gasteiger partial charge in [-0.1, -0.05) is 0 Å². The van der Waals surface area contributed by atoms with Crippen molar-refractivity contribution < 1.29 is 13.9 Å². The SMILES string of the molecule is COC(=O)C(N)C1(c2nc(C)c(C)o2)CC1. The molecular weight excluding hydrogens is 208 g/mol. The molecule has 0 aromatic carbocycles. The Labute approximate surface area is 94.0 Å². The summed E-state index contributed by atoms with van der Waals surface area (Å²) in [5, 5.41) is 0. The predicted molar refractivity (Wildman–Crippen MR) is 56.9 cm³/mol. The standard InChI is InChI=1S/C11H16N2O3/c1-6-7(2)16-10(13-6)11(4-5-11)8(12)9(14)15-3/h8H,4-5,12H2,1-3H3. The molecule has 16 heavy (non-hydrogen) atoms. The number of hydrogen-bond acceptors (Lipinski definition) is 5. The van der Waals surface area contributed by atoms with Gasteiger partial charge in [-0.05, 0) is 26.7 Å². The topological polar surface area (TPSA) is 78.4 Å². The summed E-state index contributed by atoms with van der Waals surface area (Å²) in [5.74, 6) is 0.935. The largest absolute Gasteiger partial charge is 0.468 e. The van der Waals surface area contributed by atoms with Gasteiger partial charge in [0.2, 0.25) is 5.89 Å². The number of methoxy groups -OCH3 is 1. The highest BCUT2D eigenvalue weighted by Gasteiger charge is 2.56. The molecule has 1 aliphatic rings. The van der Waals surface area contributed by atoms with Crippen molar-refractivity contribution in [3.05, 3.63) is 17.3 Å². The van der Waals surface area contributed by atoms with E-state index in [-0.39, 0.29) is 0 Å². The third-order valence-corrected chi connectivity index (χ3v) is 3.29. The highest BCUT2D eigenvalue weighted by atomic mass is 16.5. The van der Waals surface area contributed by atoms with E-state index >= 15 is 0 Å². The molecule has 1 unspecified atom stereocenters. The van der Waals surface area contributed by atoms with Gasteiger partial charge in [-0.2, -0.15) is 0 Å². The summed E-state index contributed by atoms with van der Waals surface area (Å²) in [6.07, 6.45) is 1.64. The molecule has 1 aromatic rings. The lowest BCUT2D eigenvalue weighted by Gasteiger charge is -2.17. The number of esters is 1. The van der Waals surface area contributed by atoms with Gasteiger partial charge in [-0.25, -0.2) is 4.98 Å². The highest BCUT2D eigenvalue weighted by molar-refractivity contribution is 5.78. The Morgan fingerprint density at radius 1 is 1.56 bits per heavy atom. The van der Waals surface area contributed by atoms with Crippen LogP contribution in [0.25, 0.3) is 0 Å². The molecule has 1 aliphatic carbocycles. The second kappa shape index (κ2) is 3.59. The summed E-state index contributed by atoms with van der Waals surface area (Å²) in [5.41, 5.74) is 6.29. The Morgan fingerprint density at radius 2 is 2.19 bits per heavy atom. The van der Waals surface area contributed by atoms with Crippen LogP contribution in [-0.4, -0.2) is 24.1 Å². The lowest BCUT2D eigenvalue weighted by atomic mass is 9.97. The van der Waals surface area contributed by atoms with E-state index in [1.165, 1.54) is 7.11 Å². The first-order valence-electron chi connectivity index (χ1n) is 5.29. The monoisotopic (exact) mass is 224 g/mol. The number of carbonyl (C=O) groups excluding carboxylic acids is 1. The van der Waals surface area contributed by atoms with Gasteiger partial charge in [0.15, 0.2) is 0 Å². The van der Waals surface area contributed by atoms with Crippen molar-refractivity contribution in [2.24, 2.45) is 5.73 Å². The van der Waals surface area contributed by atoms with Gasteiger partial charge in [-0.15, -0.1) is 0 Å². The van der Waals surface area contributed by atoms with Crippen molar-refractivity contribution in [2.75, 3.05) is 7.11 Å². The number of carbonyl (C=O) groups is 1. The van der Waals surface area contributed by atoms with E-state index in [4.69, 9.17) is 10.2 Å². The second-order valence-electron chi connectivity index (χ2n) is 4.32. The molecule has 5 heteroatoms. The van der Waals surface area contributed by atoms with Crippen LogP contribution in [0.3, 0.4) is 0 Å². The molecule has 1 saturated carbocycles. The summed E-state index contributed by atoms with van der Waals surface area (Å²) in [6, 6.07) is -0.685. The molecule has 1 atom stereocenters. The first-order chi connectivity index (χ1) is 7.51. The molecule has 1 aromatic heterocycles. The third kappa shape index (κ3) is 1.51. The van der Waals surface area contributed by atoms with Crippen molar-refractivity contribution in [3.8, 4) is 0 Å². The summed E-state index contributed by atoms with van der Waals surface area (Å²) in [7, 11) is 1.34. The van der Waals surface area contributed by atoms with Crippen LogP contribution in [0, 0.1) is 13.8 Å². The Balaban J connectivity index is 2.29. The van der Waals surface area contributed by atoms with Crippen LogP contribution < -0.4 is 5.73 Å². The lowest BCUT2D eigenvalue weighted by molar-refractivity contribution is -0.143. The summed E-state index contributed by atoms with van der Waals surface area (Å²) in [6.45, 7) is 3.73. The van der Waals surface area contributed by atoms with Crippen LogP contribution in [0.4, 0.5) is 0 Å². The van der Waals surface area contributed by atoms with Gasteiger partial charge < -0.3 is 14.9 Å². The minimum absolute atomic E-state index is 0.411. The van der Waals surface area contributed by atoms with E-state index < -0.39 is 17.4 Å². The first kappa shape index (κ1) is 11.1. The highest BCUT2D eigenvalue weighted by Crippen LogP contribution is 2.50. The van der Waals surface area contributed by atoms with Crippen LogP contribution in [0.5, 0.6) is 0 Å². The minimum atomic E-state index is -0.685. The van der Waals surface area contributed by atoms with Crippen molar-refractivity contribution in [1.82, 2.24) is 4.98 Å². The zero-order valence-electron chi connectivity index (χ0n) is 9.74. The molecule has 0 bridgehead atoms. The van der Waals surface area contributed by atoms with Crippen molar-refractivity contribution in [3.63, 3.8) is 0 Å². The smallest absolute Gasteiger partial charge is 0.323 e. The van der Waals surface area contributed by atoms with Gasteiger partial charge in [0.25, 0.3) is 0 Å². The molecule has 1 heterocycles. The Bertz CT molecular complexity index is 401. The number of nitrogens with two attached hydrogens (primary N) is 1. The number of hydrogen-bond donors (Lipinski definition) is 1. The van der Waals surface area contributed by atoms with Crippen LogP contribution in [-0.2, 0) is 14.9 Å². The van der Waals surface area contributed by atoms with E-state index in [0.717, 1.165) is 24.3 Å². The molecule has 1 fully saturated rings. The second-order valence-corrected chi connectivity index (χ2v) is 4.32. The van der Waals surface area contributed by atoms with Crippen LogP contribution in [0.1, 0.15) is 30.2 Å². The maximum absolute atomic E-state index is 11.4. The lowest BCUT2D eigenvalue weighted by Crippen LogP contribution is -2.43. The zero-order valence-corrected chi connectivity index (χ0v) is 9.74. The average Bonchev–Trinajstić information content (AvgIpc) is 3.01. The van der Waals surface area contributed by atoms with Crippen LogP contribution in [0.2, 0.25) is 0 Å². The number of oxazole rings is 1. The van der Waals surface area contributed by atoms with E-state index in [1.54, 1.807) is 0 Å². The quantitative estimate of drug-likeness (QED) is 0.769. The minimum Gasteiger partial charge on any atom is -0.468 e. The molecular formula is C11H16N2O3. The summed E-state index contributed by atoms with van der Waals surface area (Å²) >= 11 is 0. The molecule has 2 N–H and O–H groups in total. The maximum atomic E-state index is 11.4. The molecule has 0 radical (unpaired) electrons.